The molecule has 0 bridgehead atoms. The van der Waals surface area contributed by atoms with Crippen molar-refractivity contribution < 1.29 is 4.79 Å². The van der Waals surface area contributed by atoms with Crippen LogP contribution in [-0.2, 0) is 17.6 Å². The van der Waals surface area contributed by atoms with Gasteiger partial charge in [-0.1, -0.05) is 30.3 Å². The van der Waals surface area contributed by atoms with Gasteiger partial charge in [0.1, 0.15) is 5.82 Å². The summed E-state index contributed by atoms with van der Waals surface area (Å²) >= 11 is 0. The number of hydrogen-bond acceptors (Lipinski definition) is 5. The van der Waals surface area contributed by atoms with Gasteiger partial charge in [-0.25, -0.2) is 4.98 Å². The van der Waals surface area contributed by atoms with Gasteiger partial charge in [0, 0.05) is 48.8 Å². The number of carbonyl (C=O) groups is 1. The number of aromatic nitrogens is 3. The zero-order valence-corrected chi connectivity index (χ0v) is 16.5. The molecule has 0 fully saturated rings. The Kier molecular flexibility index (Phi) is 6.86. The molecule has 3 rings (SSSR count). The molecule has 1 amide bonds. The van der Waals surface area contributed by atoms with Gasteiger partial charge in [0.25, 0.3) is 5.56 Å². The normalized spacial score (nSPS) is 10.7. The third kappa shape index (κ3) is 5.36. The van der Waals surface area contributed by atoms with Gasteiger partial charge in [0.05, 0.1) is 6.42 Å². The van der Waals surface area contributed by atoms with E-state index in [-0.39, 0.29) is 17.9 Å². The summed E-state index contributed by atoms with van der Waals surface area (Å²) in [4.78, 5) is 38.4. The van der Waals surface area contributed by atoms with Gasteiger partial charge in [-0.2, -0.15) is 0 Å². The van der Waals surface area contributed by atoms with Gasteiger partial charge in [0.15, 0.2) is 0 Å². The van der Waals surface area contributed by atoms with E-state index in [0.29, 0.717) is 36.7 Å². The van der Waals surface area contributed by atoms with Crippen molar-refractivity contribution in [2.75, 3.05) is 19.6 Å². The van der Waals surface area contributed by atoms with Crippen LogP contribution in [0.1, 0.15) is 16.8 Å². The third-order valence-electron chi connectivity index (χ3n) is 4.77. The first-order valence-electron chi connectivity index (χ1n) is 9.60. The van der Waals surface area contributed by atoms with Crippen LogP contribution in [-0.4, -0.2) is 45.4 Å². The number of nitrogens with two attached hydrogens (primary N) is 1. The highest BCUT2D eigenvalue weighted by Gasteiger charge is 2.18. The predicted octanol–water partition coefficient (Wildman–Crippen LogP) is 1.71. The maximum atomic E-state index is 12.9. The van der Waals surface area contributed by atoms with Crippen LogP contribution in [0.2, 0.25) is 0 Å². The summed E-state index contributed by atoms with van der Waals surface area (Å²) in [6.07, 6.45) is 4.01. The lowest BCUT2D eigenvalue weighted by molar-refractivity contribution is -0.130. The van der Waals surface area contributed by atoms with Crippen LogP contribution in [0.4, 0.5) is 0 Å². The van der Waals surface area contributed by atoms with Gasteiger partial charge in [0.2, 0.25) is 5.91 Å². The molecular formula is C22H25N5O2. The number of pyridine rings is 1. The minimum absolute atomic E-state index is 0.000415. The van der Waals surface area contributed by atoms with Crippen molar-refractivity contribution in [3.05, 3.63) is 82.0 Å². The molecule has 3 aromatic rings. The Bertz CT molecular complexity index is 1000. The Morgan fingerprint density at radius 3 is 2.48 bits per heavy atom. The molecule has 7 heteroatoms. The van der Waals surface area contributed by atoms with E-state index in [1.54, 1.807) is 36.4 Å². The van der Waals surface area contributed by atoms with Crippen molar-refractivity contribution in [2.24, 2.45) is 5.73 Å². The molecule has 2 aromatic heterocycles. The average molecular weight is 391 g/mol. The number of nitrogens with zero attached hydrogens (tertiary/aromatic N) is 3. The van der Waals surface area contributed by atoms with Crippen molar-refractivity contribution in [3.8, 4) is 11.4 Å². The van der Waals surface area contributed by atoms with E-state index in [1.165, 1.54) is 0 Å². The molecule has 7 nitrogen and oxygen atoms in total. The summed E-state index contributed by atoms with van der Waals surface area (Å²) in [6, 6.07) is 13.5. The van der Waals surface area contributed by atoms with Crippen LogP contribution < -0.4 is 11.3 Å². The molecular weight excluding hydrogens is 366 g/mol. The molecule has 0 aliphatic carbocycles. The number of hydrogen-bond donors (Lipinski definition) is 2. The first-order valence-corrected chi connectivity index (χ1v) is 9.60. The van der Waals surface area contributed by atoms with Crippen molar-refractivity contribution in [1.82, 2.24) is 19.9 Å². The quantitative estimate of drug-likeness (QED) is 0.608. The Balaban J connectivity index is 1.74. The zero-order valence-electron chi connectivity index (χ0n) is 16.5. The largest absolute Gasteiger partial charge is 0.341 e. The van der Waals surface area contributed by atoms with Crippen molar-refractivity contribution >= 4 is 5.91 Å². The molecule has 0 saturated carbocycles. The molecule has 150 valence electrons. The van der Waals surface area contributed by atoms with Crippen LogP contribution in [0.15, 0.2) is 59.7 Å². The Hall–Kier alpha value is -3.32. The predicted molar refractivity (Wildman–Crippen MR) is 112 cm³/mol. The summed E-state index contributed by atoms with van der Waals surface area (Å²) in [5, 5.41) is 0. The Morgan fingerprint density at radius 2 is 1.83 bits per heavy atom. The number of aromatic amines is 1. The van der Waals surface area contributed by atoms with Crippen LogP contribution >= 0.6 is 0 Å². The SMILES string of the molecule is Cc1nc(-c2ccncc2)[nH]c(=O)c1CC(=O)N(CCN)CCc1ccccc1. The molecule has 0 spiro atoms. The number of benzene rings is 1. The number of nitrogens with one attached hydrogen (secondary N) is 1. The number of rotatable bonds is 8. The summed E-state index contributed by atoms with van der Waals surface area (Å²) < 4.78 is 0. The lowest BCUT2D eigenvalue weighted by Gasteiger charge is -2.22. The average Bonchev–Trinajstić information content (AvgIpc) is 2.74. The highest BCUT2D eigenvalue weighted by atomic mass is 16.2. The summed E-state index contributed by atoms with van der Waals surface area (Å²) in [6.45, 7) is 3.12. The Morgan fingerprint density at radius 1 is 1.10 bits per heavy atom. The Labute approximate surface area is 169 Å². The summed E-state index contributed by atoms with van der Waals surface area (Å²) in [5.74, 6) is 0.340. The first kappa shape index (κ1) is 20.4. The molecule has 0 unspecified atom stereocenters. The number of amides is 1. The first-order chi connectivity index (χ1) is 14.1. The van der Waals surface area contributed by atoms with Gasteiger partial charge in [-0.05, 0) is 31.0 Å². The molecule has 29 heavy (non-hydrogen) atoms. The molecule has 0 aliphatic rings. The summed E-state index contributed by atoms with van der Waals surface area (Å²) in [7, 11) is 0. The number of H-pyrrole nitrogens is 1. The molecule has 0 atom stereocenters. The van der Waals surface area contributed by atoms with Crippen molar-refractivity contribution in [1.29, 1.82) is 0 Å². The standard InChI is InChI=1S/C22H25N5O2/c1-16-19(22(29)26-21(25-16)18-7-11-24-12-8-18)15-20(28)27(14-10-23)13-9-17-5-3-2-4-6-17/h2-8,11-12H,9-10,13-15,23H2,1H3,(H,25,26,29). The van der Waals surface area contributed by atoms with Gasteiger partial charge < -0.3 is 15.6 Å². The number of carbonyl (C=O) groups excluding carboxylic acids is 1. The molecule has 1 aromatic carbocycles. The molecule has 0 aliphatic heterocycles. The minimum atomic E-state index is -0.298. The highest BCUT2D eigenvalue weighted by Crippen LogP contribution is 2.13. The number of aryl methyl sites for hydroxylation is 1. The van der Waals surface area contributed by atoms with E-state index in [2.05, 4.69) is 15.0 Å². The second-order valence-electron chi connectivity index (χ2n) is 6.80. The second-order valence-corrected chi connectivity index (χ2v) is 6.80. The molecule has 2 heterocycles. The van der Waals surface area contributed by atoms with E-state index in [4.69, 9.17) is 5.73 Å². The maximum absolute atomic E-state index is 12.9. The van der Waals surface area contributed by atoms with Gasteiger partial charge in [-0.3, -0.25) is 14.6 Å². The topological polar surface area (TPSA) is 105 Å². The van der Waals surface area contributed by atoms with Crippen LogP contribution in [0.5, 0.6) is 0 Å². The fourth-order valence-electron chi connectivity index (χ4n) is 3.15. The smallest absolute Gasteiger partial charge is 0.255 e. The second kappa shape index (κ2) is 9.75. The van der Waals surface area contributed by atoms with E-state index in [0.717, 1.165) is 17.5 Å². The van der Waals surface area contributed by atoms with Crippen LogP contribution in [0.3, 0.4) is 0 Å². The minimum Gasteiger partial charge on any atom is -0.341 e. The van der Waals surface area contributed by atoms with Crippen molar-refractivity contribution in [3.63, 3.8) is 0 Å². The fraction of sp³-hybridized carbons (Fsp3) is 0.273. The van der Waals surface area contributed by atoms with Crippen LogP contribution in [0.25, 0.3) is 11.4 Å². The van der Waals surface area contributed by atoms with Crippen LogP contribution in [0, 0.1) is 6.92 Å². The summed E-state index contributed by atoms with van der Waals surface area (Å²) in [5.41, 5.74) is 8.25. The molecule has 0 radical (unpaired) electrons. The van der Waals surface area contributed by atoms with Gasteiger partial charge in [-0.15, -0.1) is 0 Å². The van der Waals surface area contributed by atoms with E-state index >= 15 is 0 Å². The van der Waals surface area contributed by atoms with Gasteiger partial charge >= 0.3 is 0 Å². The maximum Gasteiger partial charge on any atom is 0.255 e. The van der Waals surface area contributed by atoms with E-state index < -0.39 is 0 Å². The van der Waals surface area contributed by atoms with E-state index in [9.17, 15) is 9.59 Å². The monoisotopic (exact) mass is 391 g/mol. The zero-order chi connectivity index (χ0) is 20.6. The highest BCUT2D eigenvalue weighted by molar-refractivity contribution is 5.79. The molecule has 0 saturated heterocycles. The fourth-order valence-corrected chi connectivity index (χ4v) is 3.15. The lowest BCUT2D eigenvalue weighted by Crippen LogP contribution is -2.39. The third-order valence-corrected chi connectivity index (χ3v) is 4.77. The van der Waals surface area contributed by atoms with E-state index in [1.807, 2.05) is 30.3 Å². The lowest BCUT2D eigenvalue weighted by atomic mass is 10.1. The molecule has 3 N–H and O–H groups in total. The van der Waals surface area contributed by atoms with Crippen molar-refractivity contribution in [2.45, 2.75) is 19.8 Å².